The topological polar surface area (TPSA) is 53.5 Å². The molecule has 0 aliphatic carbocycles. The van der Waals surface area contributed by atoms with Crippen LogP contribution in [0.2, 0.25) is 0 Å². The van der Waals surface area contributed by atoms with Crippen LogP contribution in [0.1, 0.15) is 18.4 Å². The maximum absolute atomic E-state index is 12.4. The fourth-order valence-corrected chi connectivity index (χ4v) is 3.24. The Morgan fingerprint density at radius 3 is 2.60 bits per heavy atom. The van der Waals surface area contributed by atoms with Gasteiger partial charge < -0.3 is 9.80 Å². The summed E-state index contributed by atoms with van der Waals surface area (Å²) in [5.41, 5.74) is 1.83. The molecule has 2 aromatic rings. The van der Waals surface area contributed by atoms with Crippen molar-refractivity contribution in [1.82, 2.24) is 14.8 Å². The van der Waals surface area contributed by atoms with Gasteiger partial charge in [-0.1, -0.05) is 24.3 Å². The van der Waals surface area contributed by atoms with Crippen LogP contribution in [-0.4, -0.2) is 53.8 Å². The number of hydrogen-bond acceptors (Lipinski definition) is 3. The van der Waals surface area contributed by atoms with Crippen LogP contribution in [0.25, 0.3) is 17.0 Å². The maximum atomic E-state index is 12.4. The maximum Gasteiger partial charge on any atom is 0.246 e. The number of rotatable bonds is 3. The number of hydrogen-bond donors (Lipinski definition) is 0. The fraction of sp³-hybridized carbons (Fsp3) is 0.350. The normalized spacial score (nSPS) is 15.7. The lowest BCUT2D eigenvalue weighted by Gasteiger charge is -2.31. The van der Waals surface area contributed by atoms with Gasteiger partial charge in [-0.15, -0.1) is 0 Å². The molecule has 2 amide bonds. The number of nitrogens with zero attached hydrogens (tertiary/aromatic N) is 3. The highest BCUT2D eigenvalue weighted by atomic mass is 16.2. The first kappa shape index (κ1) is 17.1. The fourth-order valence-electron chi connectivity index (χ4n) is 3.24. The molecule has 130 valence electrons. The number of amides is 2. The quantitative estimate of drug-likeness (QED) is 0.809. The zero-order chi connectivity index (χ0) is 17.8. The molecule has 5 heteroatoms. The minimum Gasteiger partial charge on any atom is -0.349 e. The van der Waals surface area contributed by atoms with Gasteiger partial charge in [-0.3, -0.25) is 14.6 Å². The number of aromatic nitrogens is 1. The van der Waals surface area contributed by atoms with Gasteiger partial charge in [0.05, 0.1) is 5.52 Å². The third kappa shape index (κ3) is 3.87. The molecule has 1 aliphatic rings. The zero-order valence-electron chi connectivity index (χ0n) is 14.7. The van der Waals surface area contributed by atoms with Crippen molar-refractivity contribution in [3.8, 4) is 0 Å². The summed E-state index contributed by atoms with van der Waals surface area (Å²) in [5, 5.41) is 1.06. The van der Waals surface area contributed by atoms with Crippen molar-refractivity contribution in [2.24, 2.45) is 5.92 Å². The predicted octanol–water partition coefficient (Wildman–Crippen LogP) is 2.57. The second kappa shape index (κ2) is 7.47. The molecule has 3 rings (SSSR count). The summed E-state index contributed by atoms with van der Waals surface area (Å²) in [5.74, 6) is 0.179. The molecule has 0 unspecified atom stereocenters. The van der Waals surface area contributed by atoms with Crippen LogP contribution in [0.3, 0.4) is 0 Å². The number of piperidine rings is 1. The van der Waals surface area contributed by atoms with Crippen LogP contribution in [-0.2, 0) is 9.59 Å². The van der Waals surface area contributed by atoms with Crippen molar-refractivity contribution < 1.29 is 9.59 Å². The molecule has 1 saturated heterocycles. The molecule has 2 heterocycles. The summed E-state index contributed by atoms with van der Waals surface area (Å²) in [6, 6.07) is 9.84. The van der Waals surface area contributed by atoms with E-state index in [-0.39, 0.29) is 17.7 Å². The van der Waals surface area contributed by atoms with E-state index < -0.39 is 0 Å². The lowest BCUT2D eigenvalue weighted by molar-refractivity contribution is -0.137. The largest absolute Gasteiger partial charge is 0.349 e. The average molecular weight is 337 g/mol. The molecule has 1 aromatic carbocycles. The van der Waals surface area contributed by atoms with Crippen LogP contribution in [0.15, 0.2) is 42.6 Å². The highest BCUT2D eigenvalue weighted by Gasteiger charge is 2.27. The standard InChI is InChI=1S/C20H23N3O2/c1-22(2)20(25)17-10-13-23(14-11-17)18(24)9-8-16-6-3-5-15-7-4-12-21-19(15)16/h3-9,12,17H,10-11,13-14H2,1-2H3/b9-8+. The predicted molar refractivity (Wildman–Crippen MR) is 98.8 cm³/mol. The smallest absolute Gasteiger partial charge is 0.246 e. The van der Waals surface area contributed by atoms with Crippen LogP contribution in [0.5, 0.6) is 0 Å². The molecule has 5 nitrogen and oxygen atoms in total. The number of pyridine rings is 1. The number of fused-ring (bicyclic) bond motifs is 1. The summed E-state index contributed by atoms with van der Waals surface area (Å²) < 4.78 is 0. The van der Waals surface area contributed by atoms with E-state index in [4.69, 9.17) is 0 Å². The van der Waals surface area contributed by atoms with Crippen LogP contribution in [0, 0.1) is 5.92 Å². The van der Waals surface area contributed by atoms with Gasteiger partial charge in [0.1, 0.15) is 0 Å². The monoisotopic (exact) mass is 337 g/mol. The lowest BCUT2D eigenvalue weighted by atomic mass is 9.95. The van der Waals surface area contributed by atoms with E-state index in [1.165, 1.54) is 0 Å². The first-order valence-corrected chi connectivity index (χ1v) is 8.58. The van der Waals surface area contributed by atoms with E-state index in [9.17, 15) is 9.59 Å². The molecule has 0 atom stereocenters. The second-order valence-corrected chi connectivity index (χ2v) is 6.59. The molecule has 1 fully saturated rings. The Balaban J connectivity index is 1.65. The van der Waals surface area contributed by atoms with Crippen molar-refractivity contribution in [2.45, 2.75) is 12.8 Å². The number of para-hydroxylation sites is 1. The molecule has 0 spiro atoms. The second-order valence-electron chi connectivity index (χ2n) is 6.59. The number of benzene rings is 1. The van der Waals surface area contributed by atoms with Crippen molar-refractivity contribution in [1.29, 1.82) is 0 Å². The van der Waals surface area contributed by atoms with E-state index >= 15 is 0 Å². The lowest BCUT2D eigenvalue weighted by Crippen LogP contribution is -2.42. The summed E-state index contributed by atoms with van der Waals surface area (Å²) in [4.78, 5) is 32.3. The third-order valence-electron chi connectivity index (χ3n) is 4.67. The number of carbonyl (C=O) groups excluding carboxylic acids is 2. The zero-order valence-corrected chi connectivity index (χ0v) is 14.7. The van der Waals surface area contributed by atoms with E-state index in [0.717, 1.165) is 29.3 Å². The Morgan fingerprint density at radius 1 is 1.16 bits per heavy atom. The summed E-state index contributed by atoms with van der Waals surface area (Å²) in [6.07, 6.45) is 6.65. The minimum atomic E-state index is -0.0105. The average Bonchev–Trinajstić information content (AvgIpc) is 2.65. The number of carbonyl (C=O) groups is 2. The van der Waals surface area contributed by atoms with Crippen molar-refractivity contribution in [3.05, 3.63) is 48.2 Å². The Bertz CT molecular complexity index is 800. The van der Waals surface area contributed by atoms with Gasteiger partial charge in [0, 0.05) is 56.3 Å². The van der Waals surface area contributed by atoms with Gasteiger partial charge in [-0.25, -0.2) is 0 Å². The highest BCUT2D eigenvalue weighted by molar-refractivity contribution is 5.95. The molecular weight excluding hydrogens is 314 g/mol. The molecular formula is C20H23N3O2. The first-order chi connectivity index (χ1) is 12.1. The van der Waals surface area contributed by atoms with Crippen LogP contribution >= 0.6 is 0 Å². The van der Waals surface area contributed by atoms with Gasteiger partial charge in [-0.05, 0) is 25.0 Å². The molecule has 0 radical (unpaired) electrons. The van der Waals surface area contributed by atoms with Crippen LogP contribution in [0.4, 0.5) is 0 Å². The van der Waals surface area contributed by atoms with Crippen LogP contribution < -0.4 is 0 Å². The summed E-state index contributed by atoms with van der Waals surface area (Å²) >= 11 is 0. The molecule has 1 aromatic heterocycles. The third-order valence-corrected chi connectivity index (χ3v) is 4.67. The highest BCUT2D eigenvalue weighted by Crippen LogP contribution is 2.20. The Labute approximate surface area is 147 Å². The van der Waals surface area contributed by atoms with Gasteiger partial charge in [-0.2, -0.15) is 0 Å². The minimum absolute atomic E-state index is 0.0105. The molecule has 0 N–H and O–H groups in total. The SMILES string of the molecule is CN(C)C(=O)C1CCN(C(=O)/C=C/c2cccc3cccnc23)CC1. The number of likely N-dealkylation sites (tertiary alicyclic amines) is 1. The molecule has 0 bridgehead atoms. The van der Waals surface area contributed by atoms with Crippen molar-refractivity contribution in [3.63, 3.8) is 0 Å². The van der Waals surface area contributed by atoms with E-state index in [1.807, 2.05) is 41.3 Å². The van der Waals surface area contributed by atoms with Gasteiger partial charge >= 0.3 is 0 Å². The molecule has 1 aliphatic heterocycles. The molecule has 0 saturated carbocycles. The first-order valence-electron chi connectivity index (χ1n) is 8.58. The van der Waals surface area contributed by atoms with Gasteiger partial charge in [0.25, 0.3) is 0 Å². The summed E-state index contributed by atoms with van der Waals surface area (Å²) in [6.45, 7) is 1.25. The van der Waals surface area contributed by atoms with Gasteiger partial charge in [0.15, 0.2) is 0 Å². The van der Waals surface area contributed by atoms with Crippen molar-refractivity contribution >= 4 is 28.8 Å². The Morgan fingerprint density at radius 2 is 1.88 bits per heavy atom. The Kier molecular flexibility index (Phi) is 5.12. The van der Waals surface area contributed by atoms with E-state index in [1.54, 1.807) is 31.3 Å². The van der Waals surface area contributed by atoms with E-state index in [2.05, 4.69) is 4.98 Å². The van der Waals surface area contributed by atoms with Gasteiger partial charge in [0.2, 0.25) is 11.8 Å². The Hall–Kier alpha value is -2.69. The van der Waals surface area contributed by atoms with E-state index in [0.29, 0.717) is 13.1 Å². The summed E-state index contributed by atoms with van der Waals surface area (Å²) in [7, 11) is 3.56. The molecule has 25 heavy (non-hydrogen) atoms. The van der Waals surface area contributed by atoms with Crippen molar-refractivity contribution in [2.75, 3.05) is 27.2 Å².